The molecule has 30 heavy (non-hydrogen) atoms. The van der Waals surface area contributed by atoms with Gasteiger partial charge in [-0.05, 0) is 35.9 Å². The predicted octanol–water partition coefficient (Wildman–Crippen LogP) is 7.01. The topological polar surface area (TPSA) is 34.1 Å². The fourth-order valence-corrected chi connectivity index (χ4v) is 5.01. The summed E-state index contributed by atoms with van der Waals surface area (Å²) in [5, 5.41) is 7.91. The molecule has 0 saturated heterocycles. The van der Waals surface area contributed by atoms with Crippen LogP contribution in [0.1, 0.15) is 35.4 Å². The number of hydrogen-bond acceptors (Lipinski definition) is 4. The SMILES string of the molecule is COc1c(Cl)cc(Cl)cc1C1Oc2ccc(Br)cc2C2CC(c3ccccc3)=NN21. The number of halogens is 3. The molecule has 0 saturated carbocycles. The molecule has 4 nitrogen and oxygen atoms in total. The van der Waals surface area contributed by atoms with E-state index in [0.29, 0.717) is 15.8 Å². The first-order chi connectivity index (χ1) is 14.5. The van der Waals surface area contributed by atoms with Crippen molar-refractivity contribution in [3.8, 4) is 11.5 Å². The highest BCUT2D eigenvalue weighted by atomic mass is 79.9. The zero-order valence-electron chi connectivity index (χ0n) is 16.0. The largest absolute Gasteiger partial charge is 0.495 e. The van der Waals surface area contributed by atoms with Crippen LogP contribution in [0, 0.1) is 0 Å². The molecular formula is C23H17BrCl2N2O2. The fourth-order valence-electron chi connectivity index (χ4n) is 4.05. The van der Waals surface area contributed by atoms with E-state index in [-0.39, 0.29) is 6.04 Å². The Hall–Kier alpha value is -2.21. The van der Waals surface area contributed by atoms with E-state index in [0.717, 1.165) is 39.0 Å². The van der Waals surface area contributed by atoms with Crippen LogP contribution in [0.25, 0.3) is 0 Å². The minimum Gasteiger partial charge on any atom is -0.495 e. The maximum Gasteiger partial charge on any atom is 0.217 e. The molecule has 0 fully saturated rings. The molecule has 2 heterocycles. The minimum absolute atomic E-state index is 0.0221. The average Bonchev–Trinajstić information content (AvgIpc) is 3.19. The van der Waals surface area contributed by atoms with Crippen molar-refractivity contribution in [2.24, 2.45) is 5.10 Å². The fraction of sp³-hybridized carbons (Fsp3) is 0.174. The average molecular weight is 504 g/mol. The van der Waals surface area contributed by atoms with Gasteiger partial charge in [-0.2, -0.15) is 5.10 Å². The Morgan fingerprint density at radius 3 is 2.63 bits per heavy atom. The molecule has 0 N–H and O–H groups in total. The monoisotopic (exact) mass is 502 g/mol. The molecule has 0 aromatic heterocycles. The van der Waals surface area contributed by atoms with Crippen LogP contribution in [0.4, 0.5) is 0 Å². The van der Waals surface area contributed by atoms with Crippen LogP contribution >= 0.6 is 39.1 Å². The molecule has 3 aromatic carbocycles. The Morgan fingerprint density at radius 2 is 1.87 bits per heavy atom. The molecule has 0 radical (unpaired) electrons. The molecule has 2 aliphatic heterocycles. The van der Waals surface area contributed by atoms with E-state index < -0.39 is 6.23 Å². The molecule has 0 bridgehead atoms. The first kappa shape index (κ1) is 19.7. The third-order valence-electron chi connectivity index (χ3n) is 5.37. The molecule has 0 amide bonds. The third-order valence-corrected chi connectivity index (χ3v) is 6.36. The molecule has 2 unspecified atom stereocenters. The van der Waals surface area contributed by atoms with Gasteiger partial charge >= 0.3 is 0 Å². The van der Waals surface area contributed by atoms with Crippen LogP contribution < -0.4 is 9.47 Å². The van der Waals surface area contributed by atoms with Gasteiger partial charge in [0, 0.05) is 21.5 Å². The summed E-state index contributed by atoms with van der Waals surface area (Å²) in [6.45, 7) is 0. The normalized spacial score (nSPS) is 19.6. The second-order valence-electron chi connectivity index (χ2n) is 7.18. The summed E-state index contributed by atoms with van der Waals surface area (Å²) in [6, 6.07) is 19.8. The second kappa shape index (κ2) is 7.80. The van der Waals surface area contributed by atoms with Gasteiger partial charge in [-0.3, -0.25) is 0 Å². The zero-order chi connectivity index (χ0) is 20.8. The third kappa shape index (κ3) is 3.35. The van der Waals surface area contributed by atoms with Crippen molar-refractivity contribution in [3.63, 3.8) is 0 Å². The molecule has 0 spiro atoms. The molecule has 3 aromatic rings. The summed E-state index contributed by atoms with van der Waals surface area (Å²) in [5.74, 6) is 1.35. The molecule has 2 aliphatic rings. The Kier molecular flexibility index (Phi) is 5.13. The number of hydrogen-bond donors (Lipinski definition) is 0. The van der Waals surface area contributed by atoms with Crippen molar-refractivity contribution < 1.29 is 9.47 Å². The first-order valence-electron chi connectivity index (χ1n) is 9.45. The number of hydrazone groups is 1. The van der Waals surface area contributed by atoms with Gasteiger partial charge in [-0.1, -0.05) is 69.5 Å². The highest BCUT2D eigenvalue weighted by molar-refractivity contribution is 9.10. The van der Waals surface area contributed by atoms with E-state index in [1.807, 2.05) is 41.4 Å². The van der Waals surface area contributed by atoms with Crippen molar-refractivity contribution in [2.45, 2.75) is 18.7 Å². The van der Waals surface area contributed by atoms with Crippen molar-refractivity contribution in [1.29, 1.82) is 0 Å². The molecule has 2 atom stereocenters. The zero-order valence-corrected chi connectivity index (χ0v) is 19.1. The van der Waals surface area contributed by atoms with Crippen LogP contribution in [0.2, 0.25) is 10.0 Å². The van der Waals surface area contributed by atoms with Gasteiger partial charge in [0.05, 0.1) is 29.4 Å². The number of methoxy groups -OCH3 is 1. The lowest BCUT2D eigenvalue weighted by atomic mass is 9.96. The smallest absolute Gasteiger partial charge is 0.217 e. The summed E-state index contributed by atoms with van der Waals surface area (Å²) in [6.07, 6.45) is 0.250. The van der Waals surface area contributed by atoms with Gasteiger partial charge in [-0.15, -0.1) is 0 Å². The van der Waals surface area contributed by atoms with Crippen molar-refractivity contribution >= 4 is 44.8 Å². The van der Waals surface area contributed by atoms with E-state index in [4.69, 9.17) is 37.8 Å². The van der Waals surface area contributed by atoms with Crippen molar-refractivity contribution in [1.82, 2.24) is 5.01 Å². The Balaban J connectivity index is 1.67. The molecule has 152 valence electrons. The van der Waals surface area contributed by atoms with Crippen LogP contribution in [-0.4, -0.2) is 17.8 Å². The van der Waals surface area contributed by atoms with Gasteiger partial charge in [-0.25, -0.2) is 5.01 Å². The van der Waals surface area contributed by atoms with E-state index in [1.54, 1.807) is 13.2 Å². The number of ether oxygens (including phenoxy) is 2. The van der Waals surface area contributed by atoms with E-state index >= 15 is 0 Å². The van der Waals surface area contributed by atoms with Crippen molar-refractivity contribution in [2.75, 3.05) is 7.11 Å². The summed E-state index contributed by atoms with van der Waals surface area (Å²) in [4.78, 5) is 0. The molecule has 7 heteroatoms. The molecule has 5 rings (SSSR count). The highest BCUT2D eigenvalue weighted by Gasteiger charge is 2.42. The maximum atomic E-state index is 6.42. The van der Waals surface area contributed by atoms with Crippen LogP contribution in [-0.2, 0) is 0 Å². The number of nitrogens with zero attached hydrogens (tertiary/aromatic N) is 2. The summed E-state index contributed by atoms with van der Waals surface area (Å²) in [7, 11) is 1.59. The van der Waals surface area contributed by atoms with Gasteiger partial charge < -0.3 is 9.47 Å². The standard InChI is InChI=1S/C23H17BrCl2N2O2/c1-29-22-17(10-15(25)11-18(22)26)23-28-20(16-9-14(24)7-8-21(16)30-23)12-19(27-28)13-5-3-2-4-6-13/h2-11,20,23H,12H2,1H3. The van der Waals surface area contributed by atoms with Crippen molar-refractivity contribution in [3.05, 3.63) is 91.9 Å². The van der Waals surface area contributed by atoms with Crippen LogP contribution in [0.3, 0.4) is 0 Å². The number of fused-ring (bicyclic) bond motifs is 3. The second-order valence-corrected chi connectivity index (χ2v) is 8.93. The predicted molar refractivity (Wildman–Crippen MR) is 123 cm³/mol. The lowest BCUT2D eigenvalue weighted by Gasteiger charge is -2.38. The summed E-state index contributed by atoms with van der Waals surface area (Å²) in [5.41, 5.74) is 3.93. The quantitative estimate of drug-likeness (QED) is 0.385. The van der Waals surface area contributed by atoms with Crippen LogP contribution in [0.15, 0.2) is 70.2 Å². The lowest BCUT2D eigenvalue weighted by molar-refractivity contribution is -0.0203. The van der Waals surface area contributed by atoms with E-state index in [1.165, 1.54) is 0 Å². The summed E-state index contributed by atoms with van der Waals surface area (Å²) < 4.78 is 13.0. The Labute approximate surface area is 193 Å². The number of rotatable bonds is 3. The van der Waals surface area contributed by atoms with E-state index in [2.05, 4.69) is 34.1 Å². The van der Waals surface area contributed by atoms with E-state index in [9.17, 15) is 0 Å². The lowest BCUT2D eigenvalue weighted by Crippen LogP contribution is -2.34. The Morgan fingerprint density at radius 1 is 1.07 bits per heavy atom. The number of benzene rings is 3. The van der Waals surface area contributed by atoms with Gasteiger partial charge in [0.25, 0.3) is 0 Å². The summed E-state index contributed by atoms with van der Waals surface area (Å²) >= 11 is 16.3. The Bertz CT molecular complexity index is 1150. The van der Waals surface area contributed by atoms with Gasteiger partial charge in [0.2, 0.25) is 6.23 Å². The first-order valence-corrected chi connectivity index (χ1v) is 11.0. The molecule has 0 aliphatic carbocycles. The van der Waals surface area contributed by atoms with Gasteiger partial charge in [0.1, 0.15) is 11.5 Å². The molecular weight excluding hydrogens is 487 g/mol. The van der Waals surface area contributed by atoms with Crippen LogP contribution in [0.5, 0.6) is 11.5 Å². The minimum atomic E-state index is -0.518. The van der Waals surface area contributed by atoms with Gasteiger partial charge in [0.15, 0.2) is 0 Å². The highest BCUT2D eigenvalue weighted by Crippen LogP contribution is 2.50. The maximum absolute atomic E-state index is 6.42.